The highest BCUT2D eigenvalue weighted by Crippen LogP contribution is 2.36. The number of nitrogens with one attached hydrogen (secondary N) is 2. The van der Waals surface area contributed by atoms with E-state index in [1.54, 1.807) is 0 Å². The molecule has 0 bridgehead atoms. The molecule has 2 aromatic rings. The first-order valence-corrected chi connectivity index (χ1v) is 7.02. The van der Waals surface area contributed by atoms with Gasteiger partial charge in [-0.15, -0.1) is 0 Å². The third kappa shape index (κ3) is 1.76. The van der Waals surface area contributed by atoms with Gasteiger partial charge in [-0.3, -0.25) is 0 Å². The van der Waals surface area contributed by atoms with E-state index in [0.717, 1.165) is 0 Å². The minimum atomic E-state index is 0.518. The van der Waals surface area contributed by atoms with E-state index in [-0.39, 0.29) is 0 Å². The molecule has 2 nitrogen and oxygen atoms in total. The second kappa shape index (κ2) is 4.43. The van der Waals surface area contributed by atoms with Crippen LogP contribution in [0.25, 0.3) is 10.9 Å². The van der Waals surface area contributed by atoms with Gasteiger partial charge in [-0.05, 0) is 55.5 Å². The summed E-state index contributed by atoms with van der Waals surface area (Å²) in [5.74, 6) is 0.594. The SMILES string of the molecule is CNC1CCCc2[nH]c3ccc(C(C)C)cc3c21. The van der Waals surface area contributed by atoms with Crippen LogP contribution in [0.2, 0.25) is 0 Å². The van der Waals surface area contributed by atoms with Gasteiger partial charge in [0.1, 0.15) is 0 Å². The summed E-state index contributed by atoms with van der Waals surface area (Å²) >= 11 is 0. The van der Waals surface area contributed by atoms with E-state index in [1.807, 2.05) is 0 Å². The molecule has 1 aliphatic rings. The van der Waals surface area contributed by atoms with Crippen LogP contribution < -0.4 is 5.32 Å². The highest BCUT2D eigenvalue weighted by atomic mass is 14.9. The molecule has 0 spiro atoms. The predicted molar refractivity (Wildman–Crippen MR) is 77.1 cm³/mol. The van der Waals surface area contributed by atoms with Crippen LogP contribution in [0, 0.1) is 0 Å². The van der Waals surface area contributed by atoms with Crippen molar-refractivity contribution in [2.45, 2.75) is 45.1 Å². The number of aromatic amines is 1. The van der Waals surface area contributed by atoms with Crippen molar-refractivity contribution < 1.29 is 0 Å². The zero-order valence-electron chi connectivity index (χ0n) is 11.5. The molecule has 0 amide bonds. The quantitative estimate of drug-likeness (QED) is 0.821. The van der Waals surface area contributed by atoms with Crippen molar-refractivity contribution >= 4 is 10.9 Å². The summed E-state index contributed by atoms with van der Waals surface area (Å²) in [6, 6.07) is 7.40. The van der Waals surface area contributed by atoms with Crippen LogP contribution in [0.1, 0.15) is 55.5 Å². The lowest BCUT2D eigenvalue weighted by molar-refractivity contribution is 0.497. The third-order valence-electron chi connectivity index (χ3n) is 4.23. The van der Waals surface area contributed by atoms with Crippen LogP contribution >= 0.6 is 0 Å². The molecule has 1 heterocycles. The van der Waals surface area contributed by atoms with Gasteiger partial charge in [0, 0.05) is 22.6 Å². The molecule has 2 N–H and O–H groups in total. The van der Waals surface area contributed by atoms with Gasteiger partial charge in [0.2, 0.25) is 0 Å². The van der Waals surface area contributed by atoms with Gasteiger partial charge in [0.25, 0.3) is 0 Å². The highest BCUT2D eigenvalue weighted by Gasteiger charge is 2.23. The Morgan fingerprint density at radius 1 is 1.33 bits per heavy atom. The predicted octanol–water partition coefficient (Wildman–Crippen LogP) is 3.89. The first-order valence-electron chi connectivity index (χ1n) is 7.02. The van der Waals surface area contributed by atoms with Crippen molar-refractivity contribution in [2.24, 2.45) is 0 Å². The van der Waals surface area contributed by atoms with E-state index < -0.39 is 0 Å². The molecule has 2 heteroatoms. The maximum Gasteiger partial charge on any atom is 0.0459 e. The lowest BCUT2D eigenvalue weighted by atomic mass is 9.90. The summed E-state index contributed by atoms with van der Waals surface area (Å²) in [6.45, 7) is 4.52. The van der Waals surface area contributed by atoms with Gasteiger partial charge in [-0.25, -0.2) is 0 Å². The summed E-state index contributed by atoms with van der Waals surface area (Å²) in [5, 5.41) is 4.89. The zero-order valence-corrected chi connectivity index (χ0v) is 11.5. The number of hydrogen-bond donors (Lipinski definition) is 2. The van der Waals surface area contributed by atoms with Gasteiger partial charge < -0.3 is 10.3 Å². The number of rotatable bonds is 2. The Balaban J connectivity index is 2.21. The Hall–Kier alpha value is -1.28. The fourth-order valence-corrected chi connectivity index (χ4v) is 3.16. The molecule has 0 fully saturated rings. The molecule has 18 heavy (non-hydrogen) atoms. The van der Waals surface area contributed by atoms with Gasteiger partial charge >= 0.3 is 0 Å². The molecule has 1 atom stereocenters. The van der Waals surface area contributed by atoms with Crippen molar-refractivity contribution in [3.05, 3.63) is 35.0 Å². The molecule has 1 unspecified atom stereocenters. The van der Waals surface area contributed by atoms with Crippen LogP contribution in [0.3, 0.4) is 0 Å². The Labute approximate surface area is 109 Å². The van der Waals surface area contributed by atoms with E-state index in [9.17, 15) is 0 Å². The topological polar surface area (TPSA) is 27.8 Å². The maximum absolute atomic E-state index is 3.61. The first-order chi connectivity index (χ1) is 8.70. The second-order valence-corrected chi connectivity index (χ2v) is 5.71. The smallest absolute Gasteiger partial charge is 0.0459 e. The molecular formula is C16H22N2. The second-order valence-electron chi connectivity index (χ2n) is 5.71. The number of fused-ring (bicyclic) bond motifs is 3. The molecule has 1 aromatic heterocycles. The van der Waals surface area contributed by atoms with Crippen LogP contribution in [-0.2, 0) is 6.42 Å². The van der Waals surface area contributed by atoms with Gasteiger partial charge in [-0.2, -0.15) is 0 Å². The van der Waals surface area contributed by atoms with Crippen LogP contribution in [0.4, 0.5) is 0 Å². The Bertz CT molecular complexity index is 566. The maximum atomic E-state index is 3.61. The van der Waals surface area contributed by atoms with Crippen molar-refractivity contribution in [3.8, 4) is 0 Å². The molecule has 0 saturated heterocycles. The minimum Gasteiger partial charge on any atom is -0.358 e. The van der Waals surface area contributed by atoms with Crippen molar-refractivity contribution in [1.29, 1.82) is 0 Å². The van der Waals surface area contributed by atoms with Crippen molar-refractivity contribution in [3.63, 3.8) is 0 Å². The monoisotopic (exact) mass is 242 g/mol. The summed E-state index contributed by atoms with van der Waals surface area (Å²) < 4.78 is 0. The summed E-state index contributed by atoms with van der Waals surface area (Å²) in [5.41, 5.74) is 5.69. The fourth-order valence-electron chi connectivity index (χ4n) is 3.16. The lowest BCUT2D eigenvalue weighted by Crippen LogP contribution is -2.20. The molecule has 3 rings (SSSR count). The number of aromatic nitrogens is 1. The molecule has 1 aliphatic carbocycles. The fraction of sp³-hybridized carbons (Fsp3) is 0.500. The normalized spacial score (nSPS) is 19.4. The molecule has 96 valence electrons. The molecular weight excluding hydrogens is 220 g/mol. The molecule has 0 saturated carbocycles. The van der Waals surface area contributed by atoms with Gasteiger partial charge in [-0.1, -0.05) is 19.9 Å². The van der Waals surface area contributed by atoms with Crippen LogP contribution in [-0.4, -0.2) is 12.0 Å². The molecule has 0 aliphatic heterocycles. The highest BCUT2D eigenvalue weighted by molar-refractivity contribution is 5.86. The first kappa shape index (κ1) is 11.8. The van der Waals surface area contributed by atoms with Crippen LogP contribution in [0.15, 0.2) is 18.2 Å². The van der Waals surface area contributed by atoms with Crippen LogP contribution in [0.5, 0.6) is 0 Å². The number of aryl methyl sites for hydroxylation is 1. The summed E-state index contributed by atoms with van der Waals surface area (Å²) in [4.78, 5) is 3.61. The Morgan fingerprint density at radius 2 is 2.17 bits per heavy atom. The number of H-pyrrole nitrogens is 1. The van der Waals surface area contributed by atoms with E-state index in [4.69, 9.17) is 0 Å². The van der Waals surface area contributed by atoms with E-state index in [2.05, 4.69) is 49.4 Å². The molecule has 0 radical (unpaired) electrons. The van der Waals surface area contributed by atoms with E-state index in [0.29, 0.717) is 12.0 Å². The van der Waals surface area contributed by atoms with Crippen molar-refractivity contribution in [2.75, 3.05) is 7.05 Å². The third-order valence-corrected chi connectivity index (χ3v) is 4.23. The largest absolute Gasteiger partial charge is 0.358 e. The summed E-state index contributed by atoms with van der Waals surface area (Å²) in [6.07, 6.45) is 3.73. The summed E-state index contributed by atoms with van der Waals surface area (Å²) in [7, 11) is 2.07. The van der Waals surface area contributed by atoms with Crippen molar-refractivity contribution in [1.82, 2.24) is 10.3 Å². The minimum absolute atomic E-state index is 0.518. The number of benzene rings is 1. The average molecular weight is 242 g/mol. The Morgan fingerprint density at radius 3 is 2.89 bits per heavy atom. The lowest BCUT2D eigenvalue weighted by Gasteiger charge is -2.22. The average Bonchev–Trinajstić information content (AvgIpc) is 2.75. The number of hydrogen-bond acceptors (Lipinski definition) is 1. The van der Waals surface area contributed by atoms with E-state index >= 15 is 0 Å². The molecule has 1 aromatic carbocycles. The van der Waals surface area contributed by atoms with Gasteiger partial charge in [0.15, 0.2) is 0 Å². The Kier molecular flexibility index (Phi) is 2.90. The van der Waals surface area contributed by atoms with E-state index in [1.165, 1.54) is 47.0 Å². The standard InChI is InChI=1S/C16H22N2/c1-10(2)11-7-8-13-12(9-11)16-14(17-3)5-4-6-15(16)18-13/h7-10,14,17-18H,4-6H2,1-3H3. The zero-order chi connectivity index (χ0) is 12.7. The van der Waals surface area contributed by atoms with Gasteiger partial charge in [0.05, 0.1) is 0 Å².